The molecule has 1 heterocycles. The molecule has 21 heavy (non-hydrogen) atoms. The largest absolute Gasteiger partial charge is 0.384 e. The lowest BCUT2D eigenvalue weighted by Crippen LogP contribution is -2.47. The van der Waals surface area contributed by atoms with E-state index in [-0.39, 0.29) is 5.84 Å². The smallest absolute Gasteiger partial charge is 0.211 e. The number of rotatable bonds is 4. The van der Waals surface area contributed by atoms with E-state index in [1.807, 2.05) is 4.90 Å². The first-order valence-corrected chi connectivity index (χ1v) is 8.42. The monoisotopic (exact) mass is 314 g/mol. The highest BCUT2D eigenvalue weighted by atomic mass is 32.2. The van der Waals surface area contributed by atoms with E-state index in [1.54, 1.807) is 12.1 Å². The van der Waals surface area contributed by atoms with Gasteiger partial charge in [-0.15, -0.1) is 0 Å². The van der Waals surface area contributed by atoms with Crippen molar-refractivity contribution < 1.29 is 12.8 Å². The molecule has 3 N–H and O–H groups in total. The van der Waals surface area contributed by atoms with E-state index in [1.165, 1.54) is 16.6 Å². The molecule has 116 valence electrons. The maximum Gasteiger partial charge on any atom is 0.211 e. The van der Waals surface area contributed by atoms with Gasteiger partial charge in [0.2, 0.25) is 10.0 Å². The Labute approximate surface area is 123 Å². The number of benzene rings is 1. The topological polar surface area (TPSA) is 90.5 Å². The molecule has 1 saturated heterocycles. The second-order valence-electron chi connectivity index (χ2n) is 5.16. The Morgan fingerprint density at radius 3 is 2.43 bits per heavy atom. The average Bonchev–Trinajstić information content (AvgIpc) is 2.40. The first-order valence-electron chi connectivity index (χ1n) is 6.57. The highest BCUT2D eigenvalue weighted by Gasteiger charge is 2.23. The van der Waals surface area contributed by atoms with Gasteiger partial charge in [-0.05, 0) is 6.07 Å². The molecule has 1 aliphatic heterocycles. The Morgan fingerprint density at radius 1 is 1.33 bits per heavy atom. The van der Waals surface area contributed by atoms with Crippen molar-refractivity contribution in [3.8, 4) is 0 Å². The maximum atomic E-state index is 13.9. The molecule has 0 radical (unpaired) electrons. The van der Waals surface area contributed by atoms with Gasteiger partial charge in [-0.1, -0.05) is 12.1 Å². The predicted molar refractivity (Wildman–Crippen MR) is 79.1 cm³/mol. The molecule has 2 rings (SSSR count). The normalized spacial score (nSPS) is 17.8. The van der Waals surface area contributed by atoms with Crippen LogP contribution in [0.2, 0.25) is 0 Å². The van der Waals surface area contributed by atoms with Gasteiger partial charge in [0.25, 0.3) is 0 Å². The van der Waals surface area contributed by atoms with Crippen molar-refractivity contribution in [1.82, 2.24) is 9.21 Å². The molecule has 0 aromatic heterocycles. The summed E-state index contributed by atoms with van der Waals surface area (Å²) in [5.41, 5.74) is 6.20. The maximum absolute atomic E-state index is 13.9. The van der Waals surface area contributed by atoms with Gasteiger partial charge in [0.1, 0.15) is 11.7 Å². The average molecular weight is 314 g/mol. The minimum absolute atomic E-state index is 0.165. The van der Waals surface area contributed by atoms with Crippen LogP contribution in [0, 0.1) is 11.2 Å². The zero-order valence-corrected chi connectivity index (χ0v) is 12.7. The van der Waals surface area contributed by atoms with Crippen LogP contribution in [-0.2, 0) is 16.6 Å². The van der Waals surface area contributed by atoms with Crippen LogP contribution in [0.4, 0.5) is 4.39 Å². The summed E-state index contributed by atoms with van der Waals surface area (Å²) >= 11 is 0. The molecule has 1 aromatic rings. The summed E-state index contributed by atoms with van der Waals surface area (Å²) in [5.74, 6) is -0.560. The zero-order valence-electron chi connectivity index (χ0n) is 11.8. The lowest BCUT2D eigenvalue weighted by molar-refractivity contribution is 0.180. The molecule has 0 amide bonds. The Hall–Kier alpha value is -1.51. The summed E-state index contributed by atoms with van der Waals surface area (Å²) in [5, 5.41) is 7.27. The number of hydrogen-bond acceptors (Lipinski definition) is 4. The van der Waals surface area contributed by atoms with Gasteiger partial charge in [0, 0.05) is 43.9 Å². The molecule has 1 aliphatic rings. The van der Waals surface area contributed by atoms with Gasteiger partial charge < -0.3 is 5.73 Å². The van der Waals surface area contributed by atoms with Crippen LogP contribution >= 0.6 is 0 Å². The van der Waals surface area contributed by atoms with Gasteiger partial charge in [0.15, 0.2) is 0 Å². The van der Waals surface area contributed by atoms with Crippen molar-refractivity contribution in [3.63, 3.8) is 0 Å². The van der Waals surface area contributed by atoms with E-state index in [0.717, 1.165) is 0 Å². The van der Waals surface area contributed by atoms with Gasteiger partial charge in [-0.2, -0.15) is 4.31 Å². The summed E-state index contributed by atoms with van der Waals surface area (Å²) < 4.78 is 38.2. The Bertz CT molecular complexity index is 640. The summed E-state index contributed by atoms with van der Waals surface area (Å²) in [7, 11) is -3.15. The van der Waals surface area contributed by atoms with Crippen LogP contribution < -0.4 is 5.73 Å². The van der Waals surface area contributed by atoms with E-state index < -0.39 is 15.8 Å². The third-order valence-corrected chi connectivity index (χ3v) is 4.86. The fraction of sp³-hybridized carbons (Fsp3) is 0.462. The third kappa shape index (κ3) is 3.99. The molecule has 0 spiro atoms. The van der Waals surface area contributed by atoms with E-state index >= 15 is 0 Å². The van der Waals surface area contributed by atoms with Crippen molar-refractivity contribution in [2.45, 2.75) is 6.54 Å². The van der Waals surface area contributed by atoms with Crippen molar-refractivity contribution in [3.05, 3.63) is 35.1 Å². The van der Waals surface area contributed by atoms with Crippen molar-refractivity contribution in [1.29, 1.82) is 5.41 Å². The van der Waals surface area contributed by atoms with Crippen molar-refractivity contribution in [2.24, 2.45) is 5.73 Å². The number of amidine groups is 1. The van der Waals surface area contributed by atoms with Crippen molar-refractivity contribution in [2.75, 3.05) is 32.4 Å². The highest BCUT2D eigenvalue weighted by Crippen LogP contribution is 2.15. The molecule has 1 aromatic carbocycles. The fourth-order valence-electron chi connectivity index (χ4n) is 2.30. The first-order chi connectivity index (χ1) is 9.77. The molecular weight excluding hydrogens is 295 g/mol. The van der Waals surface area contributed by atoms with E-state index in [9.17, 15) is 12.8 Å². The molecule has 0 atom stereocenters. The Balaban J connectivity index is 1.99. The van der Waals surface area contributed by atoms with Gasteiger partial charge in [0.05, 0.1) is 6.26 Å². The van der Waals surface area contributed by atoms with Crippen LogP contribution in [0.5, 0.6) is 0 Å². The fourth-order valence-corrected chi connectivity index (χ4v) is 3.13. The zero-order chi connectivity index (χ0) is 15.6. The SMILES string of the molecule is CS(=O)(=O)N1CCN(Cc2ccc(C(=N)N)cc2F)CC1. The molecule has 0 saturated carbocycles. The molecule has 0 aliphatic carbocycles. The van der Waals surface area contributed by atoms with Gasteiger partial charge in [-0.3, -0.25) is 10.3 Å². The van der Waals surface area contributed by atoms with Gasteiger partial charge in [-0.25, -0.2) is 12.8 Å². The number of nitrogen functional groups attached to an aromatic ring is 1. The number of nitrogens with zero attached hydrogens (tertiary/aromatic N) is 2. The lowest BCUT2D eigenvalue weighted by atomic mass is 10.1. The number of halogens is 1. The predicted octanol–water partition coefficient (Wildman–Crippen LogP) is 0.187. The summed E-state index contributed by atoms with van der Waals surface area (Å²) in [6, 6.07) is 4.49. The van der Waals surface area contributed by atoms with Crippen LogP contribution in [0.1, 0.15) is 11.1 Å². The van der Waals surface area contributed by atoms with Crippen LogP contribution in [0.3, 0.4) is 0 Å². The van der Waals surface area contributed by atoms with Gasteiger partial charge >= 0.3 is 0 Å². The molecule has 1 fully saturated rings. The first kappa shape index (κ1) is 15.9. The Kier molecular flexibility index (Phi) is 4.60. The molecule has 0 bridgehead atoms. The van der Waals surface area contributed by atoms with E-state index in [2.05, 4.69) is 0 Å². The number of piperazine rings is 1. The van der Waals surface area contributed by atoms with E-state index in [0.29, 0.717) is 43.9 Å². The van der Waals surface area contributed by atoms with Crippen LogP contribution in [-0.4, -0.2) is 55.9 Å². The summed E-state index contributed by atoms with van der Waals surface area (Å²) in [6.45, 7) is 2.40. The summed E-state index contributed by atoms with van der Waals surface area (Å²) in [4.78, 5) is 2.01. The highest BCUT2D eigenvalue weighted by molar-refractivity contribution is 7.88. The lowest BCUT2D eigenvalue weighted by Gasteiger charge is -2.33. The minimum Gasteiger partial charge on any atom is -0.384 e. The van der Waals surface area contributed by atoms with Crippen molar-refractivity contribution >= 4 is 15.9 Å². The standard InChI is InChI=1S/C13H19FN4O2S/c1-21(19,20)18-6-4-17(5-7-18)9-11-3-2-10(13(15)16)8-12(11)14/h2-3,8H,4-7,9H2,1H3,(H3,15,16). The Morgan fingerprint density at radius 2 is 1.95 bits per heavy atom. The van der Waals surface area contributed by atoms with Crippen LogP contribution in [0.15, 0.2) is 18.2 Å². The third-order valence-electron chi connectivity index (χ3n) is 3.56. The number of nitrogens with one attached hydrogen (secondary N) is 1. The minimum atomic E-state index is -3.15. The molecule has 8 heteroatoms. The quantitative estimate of drug-likeness (QED) is 0.613. The second kappa shape index (κ2) is 6.08. The second-order valence-corrected chi connectivity index (χ2v) is 7.14. The number of hydrogen-bond donors (Lipinski definition) is 2. The molecular formula is C13H19FN4O2S. The van der Waals surface area contributed by atoms with Crippen LogP contribution in [0.25, 0.3) is 0 Å². The van der Waals surface area contributed by atoms with E-state index in [4.69, 9.17) is 11.1 Å². The number of nitrogens with two attached hydrogens (primary N) is 1. The molecule has 0 unspecified atom stereocenters. The number of sulfonamides is 1. The molecule has 6 nitrogen and oxygen atoms in total. The summed E-state index contributed by atoms with van der Waals surface area (Å²) in [6.07, 6.45) is 1.20.